The largest absolute Gasteiger partial charge is 0.300 e. The zero-order valence-electron chi connectivity index (χ0n) is 11.0. The third kappa shape index (κ3) is 4.58. The number of nitriles is 1. The number of rotatable bonds is 7. The van der Waals surface area contributed by atoms with Crippen LogP contribution in [0.1, 0.15) is 38.8 Å². The van der Waals surface area contributed by atoms with Crippen molar-refractivity contribution in [1.29, 1.82) is 5.26 Å². The lowest BCUT2D eigenvalue weighted by atomic mass is 9.96. The Balaban J connectivity index is 2.26. The first-order valence-corrected chi connectivity index (χ1v) is 6.26. The number of nitrogens with one attached hydrogen (secondary N) is 1. The molecule has 0 saturated heterocycles. The van der Waals surface area contributed by atoms with Crippen LogP contribution in [-0.4, -0.2) is 21.9 Å². The van der Waals surface area contributed by atoms with E-state index >= 15 is 0 Å². The minimum absolute atomic E-state index is 0.380. The minimum atomic E-state index is -0.380. The average molecular weight is 234 g/mol. The zero-order chi connectivity index (χ0) is 12.7. The second-order valence-electron chi connectivity index (χ2n) is 4.65. The van der Waals surface area contributed by atoms with Gasteiger partial charge in [-0.2, -0.15) is 10.4 Å². The van der Waals surface area contributed by atoms with Crippen LogP contribution in [0.4, 0.5) is 0 Å². The highest BCUT2D eigenvalue weighted by Gasteiger charge is 2.20. The van der Waals surface area contributed by atoms with Gasteiger partial charge in [-0.25, -0.2) is 0 Å². The van der Waals surface area contributed by atoms with Crippen LogP contribution in [-0.2, 0) is 6.54 Å². The van der Waals surface area contributed by atoms with Crippen LogP contribution < -0.4 is 5.32 Å². The molecule has 0 aliphatic rings. The summed E-state index contributed by atoms with van der Waals surface area (Å²) in [7, 11) is 0. The van der Waals surface area contributed by atoms with Gasteiger partial charge in [-0.3, -0.25) is 10.00 Å². The molecule has 0 aromatic carbocycles. The molecular weight excluding hydrogens is 212 g/mol. The Labute approximate surface area is 104 Å². The summed E-state index contributed by atoms with van der Waals surface area (Å²) in [4.78, 5) is 0. The predicted molar refractivity (Wildman–Crippen MR) is 68.5 cm³/mol. The standard InChI is InChI=1S/C13H22N4/c1-4-15-13(3,11-14)8-5-6-9-17-10-7-12(2)16-17/h7,10,15H,4-6,8-9H2,1-3H3. The summed E-state index contributed by atoms with van der Waals surface area (Å²) in [5.74, 6) is 0. The van der Waals surface area contributed by atoms with E-state index in [0.29, 0.717) is 0 Å². The number of nitrogens with zero attached hydrogens (tertiary/aromatic N) is 3. The molecule has 0 aliphatic heterocycles. The highest BCUT2D eigenvalue weighted by Crippen LogP contribution is 2.13. The Bertz CT molecular complexity index is 377. The van der Waals surface area contributed by atoms with E-state index in [2.05, 4.69) is 16.5 Å². The maximum atomic E-state index is 9.11. The van der Waals surface area contributed by atoms with Crippen molar-refractivity contribution in [2.45, 2.75) is 52.1 Å². The van der Waals surface area contributed by atoms with Gasteiger partial charge in [0, 0.05) is 12.7 Å². The van der Waals surface area contributed by atoms with Crippen LogP contribution in [0.2, 0.25) is 0 Å². The normalized spacial score (nSPS) is 14.2. The van der Waals surface area contributed by atoms with Gasteiger partial charge in [0.15, 0.2) is 0 Å². The lowest BCUT2D eigenvalue weighted by Crippen LogP contribution is -2.40. The maximum absolute atomic E-state index is 9.11. The molecule has 0 aliphatic carbocycles. The van der Waals surface area contributed by atoms with Crippen molar-refractivity contribution < 1.29 is 0 Å². The van der Waals surface area contributed by atoms with Gasteiger partial charge in [0.05, 0.1) is 11.8 Å². The van der Waals surface area contributed by atoms with Crippen LogP contribution >= 0.6 is 0 Å². The molecule has 1 aromatic rings. The van der Waals surface area contributed by atoms with Gasteiger partial charge in [0.25, 0.3) is 0 Å². The fourth-order valence-corrected chi connectivity index (χ4v) is 1.91. The quantitative estimate of drug-likeness (QED) is 0.736. The van der Waals surface area contributed by atoms with Gasteiger partial charge in [0.1, 0.15) is 5.54 Å². The lowest BCUT2D eigenvalue weighted by molar-refractivity contribution is 0.400. The van der Waals surface area contributed by atoms with Crippen molar-refractivity contribution in [2.75, 3.05) is 6.54 Å². The number of hydrogen-bond donors (Lipinski definition) is 1. The molecule has 0 amide bonds. The molecule has 1 rings (SSSR count). The van der Waals surface area contributed by atoms with E-state index in [1.54, 1.807) is 0 Å². The number of hydrogen-bond acceptors (Lipinski definition) is 3. The zero-order valence-corrected chi connectivity index (χ0v) is 11.0. The molecular formula is C13H22N4. The summed E-state index contributed by atoms with van der Waals surface area (Å²) in [5.41, 5.74) is 0.675. The Hall–Kier alpha value is -1.34. The Kier molecular flexibility index (Phi) is 5.17. The molecule has 0 fully saturated rings. The summed E-state index contributed by atoms with van der Waals surface area (Å²) in [6.07, 6.45) is 4.99. The average Bonchev–Trinajstić information content (AvgIpc) is 2.71. The van der Waals surface area contributed by atoms with Crippen molar-refractivity contribution in [2.24, 2.45) is 0 Å². The molecule has 4 nitrogen and oxygen atoms in total. The van der Waals surface area contributed by atoms with Crippen LogP contribution in [0, 0.1) is 18.3 Å². The van der Waals surface area contributed by atoms with Gasteiger partial charge < -0.3 is 0 Å². The molecule has 1 N–H and O–H groups in total. The minimum Gasteiger partial charge on any atom is -0.300 e. The van der Waals surface area contributed by atoms with E-state index in [4.69, 9.17) is 5.26 Å². The van der Waals surface area contributed by atoms with E-state index in [1.807, 2.05) is 37.7 Å². The van der Waals surface area contributed by atoms with E-state index in [9.17, 15) is 0 Å². The number of unbranched alkanes of at least 4 members (excludes halogenated alkanes) is 1. The molecule has 0 bridgehead atoms. The van der Waals surface area contributed by atoms with Gasteiger partial charge >= 0.3 is 0 Å². The fraction of sp³-hybridized carbons (Fsp3) is 0.692. The highest BCUT2D eigenvalue weighted by atomic mass is 15.3. The van der Waals surface area contributed by atoms with Crippen LogP contribution in [0.3, 0.4) is 0 Å². The molecule has 17 heavy (non-hydrogen) atoms. The lowest BCUT2D eigenvalue weighted by Gasteiger charge is -2.22. The van der Waals surface area contributed by atoms with Crippen molar-refractivity contribution in [3.63, 3.8) is 0 Å². The molecule has 1 heterocycles. The van der Waals surface area contributed by atoms with Gasteiger partial charge in [0.2, 0.25) is 0 Å². The predicted octanol–water partition coefficient (Wildman–Crippen LogP) is 2.25. The van der Waals surface area contributed by atoms with Crippen LogP contribution in [0.25, 0.3) is 0 Å². The topological polar surface area (TPSA) is 53.6 Å². The fourth-order valence-electron chi connectivity index (χ4n) is 1.91. The van der Waals surface area contributed by atoms with Gasteiger partial charge in [-0.05, 0) is 45.7 Å². The maximum Gasteiger partial charge on any atom is 0.103 e. The van der Waals surface area contributed by atoms with Gasteiger partial charge in [-0.1, -0.05) is 6.92 Å². The molecule has 0 saturated carbocycles. The molecule has 0 spiro atoms. The smallest absolute Gasteiger partial charge is 0.103 e. The molecule has 1 unspecified atom stereocenters. The second kappa shape index (κ2) is 6.41. The third-order valence-electron chi connectivity index (χ3n) is 2.90. The first-order chi connectivity index (χ1) is 8.09. The van der Waals surface area contributed by atoms with Crippen molar-refractivity contribution in [3.05, 3.63) is 18.0 Å². The summed E-state index contributed by atoms with van der Waals surface area (Å²) in [6.45, 7) is 7.76. The van der Waals surface area contributed by atoms with E-state index in [-0.39, 0.29) is 5.54 Å². The number of aromatic nitrogens is 2. The molecule has 1 atom stereocenters. The van der Waals surface area contributed by atoms with E-state index in [1.165, 1.54) is 0 Å². The first-order valence-electron chi connectivity index (χ1n) is 6.26. The summed E-state index contributed by atoms with van der Waals surface area (Å²) < 4.78 is 1.96. The Morgan fingerprint density at radius 1 is 1.53 bits per heavy atom. The second-order valence-corrected chi connectivity index (χ2v) is 4.65. The number of aryl methyl sites for hydroxylation is 2. The van der Waals surface area contributed by atoms with Crippen LogP contribution in [0.5, 0.6) is 0 Å². The third-order valence-corrected chi connectivity index (χ3v) is 2.90. The van der Waals surface area contributed by atoms with Gasteiger partial charge in [-0.15, -0.1) is 0 Å². The summed E-state index contributed by atoms with van der Waals surface area (Å²) >= 11 is 0. The van der Waals surface area contributed by atoms with Crippen molar-refractivity contribution >= 4 is 0 Å². The van der Waals surface area contributed by atoms with Crippen molar-refractivity contribution in [3.8, 4) is 6.07 Å². The summed E-state index contributed by atoms with van der Waals surface area (Å²) in [6, 6.07) is 4.36. The van der Waals surface area contributed by atoms with E-state index < -0.39 is 0 Å². The Morgan fingerprint density at radius 2 is 2.29 bits per heavy atom. The Morgan fingerprint density at radius 3 is 2.82 bits per heavy atom. The van der Waals surface area contributed by atoms with E-state index in [0.717, 1.165) is 38.0 Å². The SMILES string of the molecule is CCNC(C)(C#N)CCCCn1ccc(C)n1. The highest BCUT2D eigenvalue weighted by molar-refractivity contribution is 5.03. The molecule has 94 valence electrons. The van der Waals surface area contributed by atoms with Crippen molar-refractivity contribution in [1.82, 2.24) is 15.1 Å². The monoisotopic (exact) mass is 234 g/mol. The molecule has 4 heteroatoms. The van der Waals surface area contributed by atoms with Crippen LogP contribution in [0.15, 0.2) is 12.3 Å². The summed E-state index contributed by atoms with van der Waals surface area (Å²) in [5, 5.41) is 16.7. The molecule has 0 radical (unpaired) electrons. The molecule has 1 aromatic heterocycles. The first kappa shape index (κ1) is 13.7.